The molecular weight excluding hydrogens is 256 g/mol. The van der Waals surface area contributed by atoms with Gasteiger partial charge in [-0.3, -0.25) is 0 Å². The third-order valence-electron chi connectivity index (χ3n) is 2.39. The minimum Gasteiger partial charge on any atom is -0.460 e. The minimum atomic E-state index is -0.772. The molecular formula is C12H11F2N3O2. The SMILES string of the molecule is CCOC(=O)c1nc(-c2ccc(F)cc2F)n(C)n1. The summed E-state index contributed by atoms with van der Waals surface area (Å²) in [6.45, 7) is 1.85. The number of hydrogen-bond donors (Lipinski definition) is 0. The maximum absolute atomic E-state index is 13.6. The predicted molar refractivity (Wildman–Crippen MR) is 62.3 cm³/mol. The summed E-state index contributed by atoms with van der Waals surface area (Å²) in [6.07, 6.45) is 0. The Balaban J connectivity index is 2.43. The Hall–Kier alpha value is -2.31. The predicted octanol–water partition coefficient (Wildman–Crippen LogP) is 1.94. The van der Waals surface area contributed by atoms with Crippen LogP contribution in [0.25, 0.3) is 11.4 Å². The smallest absolute Gasteiger partial charge is 0.378 e. The van der Waals surface area contributed by atoms with E-state index in [-0.39, 0.29) is 23.8 Å². The standard InChI is InChI=1S/C12H11F2N3O2/c1-3-19-12(18)10-15-11(17(2)16-10)8-5-4-7(13)6-9(8)14/h4-6H,3H2,1-2H3. The van der Waals surface area contributed by atoms with Crippen LogP contribution >= 0.6 is 0 Å². The van der Waals surface area contributed by atoms with Gasteiger partial charge in [0.15, 0.2) is 5.82 Å². The zero-order valence-corrected chi connectivity index (χ0v) is 10.4. The first kappa shape index (κ1) is 13.1. The topological polar surface area (TPSA) is 57.0 Å². The molecule has 0 spiro atoms. The van der Waals surface area contributed by atoms with E-state index < -0.39 is 17.6 Å². The summed E-state index contributed by atoms with van der Waals surface area (Å²) in [5.41, 5.74) is 0.0620. The molecule has 1 aromatic heterocycles. The molecule has 0 radical (unpaired) electrons. The molecule has 2 aromatic rings. The van der Waals surface area contributed by atoms with Gasteiger partial charge in [-0.25, -0.2) is 23.2 Å². The van der Waals surface area contributed by atoms with Crippen molar-refractivity contribution in [2.45, 2.75) is 6.92 Å². The largest absolute Gasteiger partial charge is 0.460 e. The third-order valence-corrected chi connectivity index (χ3v) is 2.39. The maximum Gasteiger partial charge on any atom is 0.378 e. The van der Waals surface area contributed by atoms with Crippen molar-refractivity contribution in [1.82, 2.24) is 14.8 Å². The second-order valence-electron chi connectivity index (χ2n) is 3.73. The number of aryl methyl sites for hydroxylation is 1. The Bertz CT molecular complexity index is 625. The highest BCUT2D eigenvalue weighted by molar-refractivity contribution is 5.85. The van der Waals surface area contributed by atoms with E-state index in [9.17, 15) is 13.6 Å². The van der Waals surface area contributed by atoms with E-state index in [0.717, 1.165) is 12.1 Å². The van der Waals surface area contributed by atoms with Crippen molar-refractivity contribution in [2.75, 3.05) is 6.61 Å². The molecule has 2 rings (SSSR count). The van der Waals surface area contributed by atoms with Crippen LogP contribution in [-0.2, 0) is 11.8 Å². The third kappa shape index (κ3) is 2.59. The summed E-state index contributed by atoms with van der Waals surface area (Å²) < 4.78 is 32.5. The molecule has 0 aliphatic heterocycles. The maximum atomic E-state index is 13.6. The molecule has 1 aromatic carbocycles. The molecule has 0 amide bonds. The normalized spacial score (nSPS) is 10.5. The van der Waals surface area contributed by atoms with Crippen LogP contribution in [0.5, 0.6) is 0 Å². The van der Waals surface area contributed by atoms with E-state index in [1.54, 1.807) is 6.92 Å². The summed E-state index contributed by atoms with van der Waals surface area (Å²) in [5.74, 6) is -2.18. The molecule has 1 heterocycles. The molecule has 0 saturated carbocycles. The van der Waals surface area contributed by atoms with Gasteiger partial charge in [-0.05, 0) is 19.1 Å². The number of carbonyl (C=O) groups excluding carboxylic acids is 1. The quantitative estimate of drug-likeness (QED) is 0.797. The van der Waals surface area contributed by atoms with Crippen molar-refractivity contribution < 1.29 is 18.3 Å². The molecule has 0 aliphatic rings. The molecule has 0 N–H and O–H groups in total. The molecule has 0 bridgehead atoms. The van der Waals surface area contributed by atoms with E-state index >= 15 is 0 Å². The number of esters is 1. The summed E-state index contributed by atoms with van der Waals surface area (Å²) in [7, 11) is 1.51. The number of benzene rings is 1. The lowest BCUT2D eigenvalue weighted by Crippen LogP contribution is -2.07. The second kappa shape index (κ2) is 5.13. The summed E-state index contributed by atoms with van der Waals surface area (Å²) in [6, 6.07) is 3.09. The fraction of sp³-hybridized carbons (Fsp3) is 0.250. The van der Waals surface area contributed by atoms with E-state index in [1.807, 2.05) is 0 Å². The van der Waals surface area contributed by atoms with Gasteiger partial charge >= 0.3 is 5.97 Å². The monoisotopic (exact) mass is 267 g/mol. The zero-order chi connectivity index (χ0) is 14.0. The Morgan fingerprint density at radius 2 is 2.16 bits per heavy atom. The first-order chi connectivity index (χ1) is 9.02. The van der Waals surface area contributed by atoms with E-state index in [1.165, 1.54) is 17.8 Å². The molecule has 0 aliphatic carbocycles. The number of nitrogens with zero attached hydrogens (tertiary/aromatic N) is 3. The summed E-state index contributed by atoms with van der Waals surface area (Å²) in [4.78, 5) is 15.4. The van der Waals surface area contributed by atoms with Crippen LogP contribution in [0.2, 0.25) is 0 Å². The molecule has 100 valence electrons. The highest BCUT2D eigenvalue weighted by atomic mass is 19.1. The van der Waals surface area contributed by atoms with Gasteiger partial charge in [-0.15, -0.1) is 5.10 Å². The second-order valence-corrected chi connectivity index (χ2v) is 3.73. The fourth-order valence-corrected chi connectivity index (χ4v) is 1.57. The van der Waals surface area contributed by atoms with Crippen LogP contribution < -0.4 is 0 Å². The molecule has 0 atom stereocenters. The zero-order valence-electron chi connectivity index (χ0n) is 10.4. The highest BCUT2D eigenvalue weighted by Crippen LogP contribution is 2.21. The number of halogens is 2. The van der Waals surface area contributed by atoms with Gasteiger partial charge in [-0.1, -0.05) is 0 Å². The van der Waals surface area contributed by atoms with Crippen LogP contribution in [0, 0.1) is 11.6 Å². The van der Waals surface area contributed by atoms with Crippen molar-refractivity contribution in [3.63, 3.8) is 0 Å². The molecule has 0 saturated heterocycles. The number of ether oxygens (including phenoxy) is 1. The van der Waals surface area contributed by atoms with Crippen molar-refractivity contribution in [1.29, 1.82) is 0 Å². The van der Waals surface area contributed by atoms with Gasteiger partial charge in [-0.2, -0.15) is 0 Å². The summed E-state index contributed by atoms with van der Waals surface area (Å²) >= 11 is 0. The Morgan fingerprint density at radius 1 is 1.42 bits per heavy atom. The van der Waals surface area contributed by atoms with E-state index in [0.29, 0.717) is 0 Å². The number of carbonyl (C=O) groups is 1. The molecule has 7 heteroatoms. The van der Waals surface area contributed by atoms with Crippen molar-refractivity contribution in [3.05, 3.63) is 35.7 Å². The van der Waals surface area contributed by atoms with Crippen molar-refractivity contribution >= 4 is 5.97 Å². The number of aromatic nitrogens is 3. The van der Waals surface area contributed by atoms with Crippen LogP contribution in [0.1, 0.15) is 17.5 Å². The minimum absolute atomic E-state index is 0.0620. The van der Waals surface area contributed by atoms with E-state index in [4.69, 9.17) is 4.74 Å². The lowest BCUT2D eigenvalue weighted by Gasteiger charge is -2.01. The van der Waals surface area contributed by atoms with Gasteiger partial charge in [0.05, 0.1) is 12.2 Å². The molecule has 0 unspecified atom stereocenters. The van der Waals surface area contributed by atoms with Gasteiger partial charge in [0.25, 0.3) is 5.82 Å². The van der Waals surface area contributed by atoms with Crippen LogP contribution in [0.4, 0.5) is 8.78 Å². The summed E-state index contributed by atoms with van der Waals surface area (Å²) in [5, 5.41) is 3.84. The van der Waals surface area contributed by atoms with Crippen molar-refractivity contribution in [2.24, 2.45) is 7.05 Å². The van der Waals surface area contributed by atoms with Crippen LogP contribution in [0.3, 0.4) is 0 Å². The Kier molecular flexibility index (Phi) is 3.55. The Labute approximate surface area is 107 Å². The average Bonchev–Trinajstić information content (AvgIpc) is 2.72. The number of hydrogen-bond acceptors (Lipinski definition) is 4. The lowest BCUT2D eigenvalue weighted by atomic mass is 10.2. The average molecular weight is 267 g/mol. The van der Waals surface area contributed by atoms with Gasteiger partial charge in [0, 0.05) is 13.1 Å². The lowest BCUT2D eigenvalue weighted by molar-refractivity contribution is 0.0512. The number of rotatable bonds is 3. The van der Waals surface area contributed by atoms with Crippen LogP contribution in [0.15, 0.2) is 18.2 Å². The highest BCUT2D eigenvalue weighted by Gasteiger charge is 2.19. The van der Waals surface area contributed by atoms with E-state index in [2.05, 4.69) is 10.1 Å². The van der Waals surface area contributed by atoms with Gasteiger partial charge < -0.3 is 4.74 Å². The van der Waals surface area contributed by atoms with Gasteiger partial charge in [0.2, 0.25) is 0 Å². The van der Waals surface area contributed by atoms with Crippen molar-refractivity contribution in [3.8, 4) is 11.4 Å². The van der Waals surface area contributed by atoms with Crippen LogP contribution in [-0.4, -0.2) is 27.3 Å². The molecule has 19 heavy (non-hydrogen) atoms. The van der Waals surface area contributed by atoms with Gasteiger partial charge in [0.1, 0.15) is 11.6 Å². The first-order valence-corrected chi connectivity index (χ1v) is 5.56. The fourth-order valence-electron chi connectivity index (χ4n) is 1.57. The first-order valence-electron chi connectivity index (χ1n) is 5.56. The Morgan fingerprint density at radius 3 is 2.79 bits per heavy atom. The molecule has 5 nitrogen and oxygen atoms in total. The molecule has 0 fully saturated rings.